The minimum Gasteiger partial charge on any atom is -0.369 e. The zero-order chi connectivity index (χ0) is 15.9. The number of primary amides is 1. The lowest BCUT2D eigenvalue weighted by Gasteiger charge is -2.31. The third-order valence-corrected chi connectivity index (χ3v) is 4.06. The first kappa shape index (κ1) is 16.5. The number of carbonyl (C=O) groups excluding carboxylic acids is 2. The number of rotatable bonds is 6. The van der Waals surface area contributed by atoms with Crippen molar-refractivity contribution in [3.8, 4) is 0 Å². The molecule has 5 heteroatoms. The van der Waals surface area contributed by atoms with Gasteiger partial charge >= 0.3 is 0 Å². The van der Waals surface area contributed by atoms with Crippen molar-refractivity contribution in [2.75, 3.05) is 19.6 Å². The first-order valence-corrected chi connectivity index (χ1v) is 7.88. The molecule has 1 aliphatic rings. The third kappa shape index (κ3) is 5.48. The van der Waals surface area contributed by atoms with Crippen LogP contribution in [0.25, 0.3) is 0 Å². The molecule has 5 nitrogen and oxygen atoms in total. The number of likely N-dealkylation sites (tertiary alicyclic amines) is 1. The van der Waals surface area contributed by atoms with Crippen molar-refractivity contribution in [1.82, 2.24) is 10.2 Å². The van der Waals surface area contributed by atoms with Crippen LogP contribution in [0, 0.1) is 6.92 Å². The van der Waals surface area contributed by atoms with Crippen LogP contribution in [0.2, 0.25) is 0 Å². The van der Waals surface area contributed by atoms with Crippen molar-refractivity contribution in [2.24, 2.45) is 5.73 Å². The Hall–Kier alpha value is -1.88. The van der Waals surface area contributed by atoms with E-state index in [1.165, 1.54) is 11.1 Å². The number of amides is 2. The standard InChI is InChI=1S/C17H25N3O2/c1-13-3-2-4-14(11-13)5-6-17(22)19-15-7-9-20(10-8-15)12-16(18)21/h2-4,11,15H,5-10,12H2,1H3,(H2,18,21)(H,19,22). The minimum atomic E-state index is -0.291. The van der Waals surface area contributed by atoms with E-state index in [2.05, 4.69) is 30.4 Å². The molecule has 0 atom stereocenters. The number of nitrogens with one attached hydrogen (secondary N) is 1. The fourth-order valence-corrected chi connectivity index (χ4v) is 2.88. The van der Waals surface area contributed by atoms with E-state index >= 15 is 0 Å². The number of piperidine rings is 1. The van der Waals surface area contributed by atoms with E-state index in [0.29, 0.717) is 13.0 Å². The molecule has 2 amide bonds. The minimum absolute atomic E-state index is 0.106. The molecular formula is C17H25N3O2. The number of nitrogens with two attached hydrogens (primary N) is 1. The van der Waals surface area contributed by atoms with E-state index in [0.717, 1.165) is 32.4 Å². The summed E-state index contributed by atoms with van der Waals surface area (Å²) in [5.41, 5.74) is 7.62. The summed E-state index contributed by atoms with van der Waals surface area (Å²) in [7, 11) is 0. The molecule has 3 N–H and O–H groups in total. The molecule has 0 unspecified atom stereocenters. The molecule has 1 aliphatic heterocycles. The summed E-state index contributed by atoms with van der Waals surface area (Å²) in [5.74, 6) is -0.185. The second kappa shape index (κ2) is 7.94. The van der Waals surface area contributed by atoms with Gasteiger partial charge in [0, 0.05) is 25.6 Å². The number of benzene rings is 1. The predicted molar refractivity (Wildman–Crippen MR) is 86.3 cm³/mol. The van der Waals surface area contributed by atoms with Gasteiger partial charge in [-0.3, -0.25) is 14.5 Å². The highest BCUT2D eigenvalue weighted by atomic mass is 16.2. The summed E-state index contributed by atoms with van der Waals surface area (Å²) in [6.07, 6.45) is 3.05. The lowest BCUT2D eigenvalue weighted by atomic mass is 10.0. The van der Waals surface area contributed by atoms with Gasteiger partial charge in [0.1, 0.15) is 0 Å². The number of nitrogens with zero attached hydrogens (tertiary/aromatic N) is 1. The average molecular weight is 303 g/mol. The van der Waals surface area contributed by atoms with Gasteiger partial charge in [0.25, 0.3) is 0 Å². The SMILES string of the molecule is Cc1cccc(CCC(=O)NC2CCN(CC(N)=O)CC2)c1. The van der Waals surface area contributed by atoms with E-state index in [9.17, 15) is 9.59 Å². The van der Waals surface area contributed by atoms with Crippen LogP contribution in [0.4, 0.5) is 0 Å². The number of aryl methyl sites for hydroxylation is 2. The molecule has 120 valence electrons. The Morgan fingerprint density at radius 2 is 2.05 bits per heavy atom. The largest absolute Gasteiger partial charge is 0.369 e. The highest BCUT2D eigenvalue weighted by molar-refractivity contribution is 5.76. The highest BCUT2D eigenvalue weighted by Gasteiger charge is 2.21. The summed E-state index contributed by atoms with van der Waals surface area (Å²) in [5, 5.41) is 3.10. The van der Waals surface area contributed by atoms with Gasteiger partial charge in [0.2, 0.25) is 11.8 Å². The molecule has 2 rings (SSSR count). The molecule has 0 radical (unpaired) electrons. The van der Waals surface area contributed by atoms with Crippen LogP contribution in [-0.2, 0) is 16.0 Å². The summed E-state index contributed by atoms with van der Waals surface area (Å²) in [4.78, 5) is 25.0. The van der Waals surface area contributed by atoms with E-state index in [1.54, 1.807) is 0 Å². The number of carbonyl (C=O) groups is 2. The monoisotopic (exact) mass is 303 g/mol. The zero-order valence-electron chi connectivity index (χ0n) is 13.2. The molecule has 1 aromatic rings. The summed E-state index contributed by atoms with van der Waals surface area (Å²) in [6, 6.07) is 8.48. The lowest BCUT2D eigenvalue weighted by molar-refractivity contribution is -0.123. The van der Waals surface area contributed by atoms with Crippen molar-refractivity contribution in [3.05, 3.63) is 35.4 Å². The van der Waals surface area contributed by atoms with Crippen LogP contribution in [0.15, 0.2) is 24.3 Å². The van der Waals surface area contributed by atoms with E-state index in [-0.39, 0.29) is 17.9 Å². The Morgan fingerprint density at radius 3 is 2.68 bits per heavy atom. The first-order valence-electron chi connectivity index (χ1n) is 7.88. The number of hydrogen-bond acceptors (Lipinski definition) is 3. The Morgan fingerprint density at radius 1 is 1.32 bits per heavy atom. The summed E-state index contributed by atoms with van der Waals surface area (Å²) >= 11 is 0. The molecule has 1 heterocycles. The van der Waals surface area contributed by atoms with Gasteiger partial charge in [-0.25, -0.2) is 0 Å². The van der Waals surface area contributed by atoms with Crippen LogP contribution in [0.5, 0.6) is 0 Å². The van der Waals surface area contributed by atoms with Crippen LogP contribution in [0.3, 0.4) is 0 Å². The van der Waals surface area contributed by atoms with Crippen molar-refractivity contribution in [3.63, 3.8) is 0 Å². The first-order chi connectivity index (χ1) is 10.5. The maximum Gasteiger partial charge on any atom is 0.231 e. The molecule has 0 aromatic heterocycles. The molecule has 1 aromatic carbocycles. The second-order valence-electron chi connectivity index (χ2n) is 6.07. The molecule has 0 aliphatic carbocycles. The van der Waals surface area contributed by atoms with Crippen molar-refractivity contribution in [1.29, 1.82) is 0 Å². The Balaban J connectivity index is 1.69. The molecule has 0 spiro atoms. The topological polar surface area (TPSA) is 75.4 Å². The van der Waals surface area contributed by atoms with Crippen LogP contribution in [0.1, 0.15) is 30.4 Å². The van der Waals surface area contributed by atoms with E-state index in [1.807, 2.05) is 11.0 Å². The highest BCUT2D eigenvalue weighted by Crippen LogP contribution is 2.11. The van der Waals surface area contributed by atoms with Crippen molar-refractivity contribution < 1.29 is 9.59 Å². The maximum atomic E-state index is 12.0. The van der Waals surface area contributed by atoms with Gasteiger partial charge in [0.05, 0.1) is 6.54 Å². The molecular weight excluding hydrogens is 278 g/mol. The smallest absolute Gasteiger partial charge is 0.231 e. The van der Waals surface area contributed by atoms with E-state index < -0.39 is 0 Å². The van der Waals surface area contributed by atoms with Crippen LogP contribution < -0.4 is 11.1 Å². The lowest BCUT2D eigenvalue weighted by Crippen LogP contribution is -2.46. The van der Waals surface area contributed by atoms with Gasteiger partial charge in [-0.15, -0.1) is 0 Å². The van der Waals surface area contributed by atoms with Gasteiger partial charge in [0.15, 0.2) is 0 Å². The Kier molecular flexibility index (Phi) is 5.95. The van der Waals surface area contributed by atoms with Crippen molar-refractivity contribution >= 4 is 11.8 Å². The maximum absolute atomic E-state index is 12.0. The van der Waals surface area contributed by atoms with Crippen LogP contribution >= 0.6 is 0 Å². The second-order valence-corrected chi connectivity index (χ2v) is 6.07. The Bertz CT molecular complexity index is 522. The quantitative estimate of drug-likeness (QED) is 0.823. The van der Waals surface area contributed by atoms with Gasteiger partial charge < -0.3 is 11.1 Å². The van der Waals surface area contributed by atoms with Crippen molar-refractivity contribution in [2.45, 2.75) is 38.6 Å². The fourth-order valence-electron chi connectivity index (χ4n) is 2.88. The zero-order valence-corrected chi connectivity index (χ0v) is 13.2. The summed E-state index contributed by atoms with van der Waals surface area (Å²) in [6.45, 7) is 4.00. The third-order valence-electron chi connectivity index (χ3n) is 4.06. The average Bonchev–Trinajstić information content (AvgIpc) is 2.47. The van der Waals surface area contributed by atoms with E-state index in [4.69, 9.17) is 5.73 Å². The fraction of sp³-hybridized carbons (Fsp3) is 0.529. The molecule has 1 fully saturated rings. The number of hydrogen-bond donors (Lipinski definition) is 2. The van der Waals surface area contributed by atoms with Gasteiger partial charge in [-0.05, 0) is 31.7 Å². The molecule has 0 saturated carbocycles. The Labute approximate surface area is 131 Å². The van der Waals surface area contributed by atoms with Gasteiger partial charge in [-0.2, -0.15) is 0 Å². The molecule has 22 heavy (non-hydrogen) atoms. The summed E-state index contributed by atoms with van der Waals surface area (Å²) < 4.78 is 0. The van der Waals surface area contributed by atoms with Crippen LogP contribution in [-0.4, -0.2) is 42.4 Å². The molecule has 1 saturated heterocycles. The normalized spacial score (nSPS) is 16.4. The van der Waals surface area contributed by atoms with Gasteiger partial charge in [-0.1, -0.05) is 29.8 Å². The molecule has 0 bridgehead atoms. The predicted octanol–water partition coefficient (Wildman–Crippen LogP) is 0.994.